The summed E-state index contributed by atoms with van der Waals surface area (Å²) in [5, 5.41) is 4.40. The monoisotopic (exact) mass is 199 g/mol. The van der Waals surface area contributed by atoms with Crippen molar-refractivity contribution in [1.29, 1.82) is 0 Å². The van der Waals surface area contributed by atoms with Crippen LogP contribution in [0.25, 0.3) is 0 Å². The van der Waals surface area contributed by atoms with Gasteiger partial charge in [0.05, 0.1) is 5.69 Å². The van der Waals surface area contributed by atoms with Gasteiger partial charge in [-0.3, -0.25) is 9.59 Å². The molecule has 6 heteroatoms. The molecule has 0 aliphatic heterocycles. The summed E-state index contributed by atoms with van der Waals surface area (Å²) < 4.78 is 0. The van der Waals surface area contributed by atoms with Crippen molar-refractivity contribution >= 4 is 28.7 Å². The molecule has 0 aromatic carbocycles. The molecule has 1 atom stereocenters. The standard InChI is InChI=1S/C7H9N3O2S/c1-4(12)6(9-3-11)5-2-13-7(8)10-5/h2-3,6H,1H3,(H2,8,10)(H,9,11). The number of aromatic nitrogens is 1. The van der Waals surface area contributed by atoms with Crippen LogP contribution in [0.2, 0.25) is 0 Å². The van der Waals surface area contributed by atoms with Gasteiger partial charge in [0.2, 0.25) is 6.41 Å². The lowest BCUT2D eigenvalue weighted by Gasteiger charge is -2.08. The van der Waals surface area contributed by atoms with Gasteiger partial charge in [-0.25, -0.2) is 4.98 Å². The molecule has 0 aliphatic carbocycles. The first-order valence-corrected chi connectivity index (χ1v) is 4.44. The Kier molecular flexibility index (Phi) is 2.97. The van der Waals surface area contributed by atoms with E-state index in [4.69, 9.17) is 5.73 Å². The third-order valence-corrected chi connectivity index (χ3v) is 2.17. The van der Waals surface area contributed by atoms with Gasteiger partial charge in [0.15, 0.2) is 10.9 Å². The number of carbonyl (C=O) groups excluding carboxylic acids is 2. The molecular weight excluding hydrogens is 190 g/mol. The van der Waals surface area contributed by atoms with Gasteiger partial charge in [0, 0.05) is 5.38 Å². The zero-order valence-corrected chi connectivity index (χ0v) is 7.80. The van der Waals surface area contributed by atoms with Gasteiger partial charge in [0.25, 0.3) is 0 Å². The fourth-order valence-corrected chi connectivity index (χ4v) is 1.50. The number of rotatable bonds is 4. The quantitative estimate of drug-likeness (QED) is 0.673. The molecule has 1 rings (SSSR count). The van der Waals surface area contributed by atoms with E-state index in [0.717, 1.165) is 0 Å². The van der Waals surface area contributed by atoms with Crippen LogP contribution in [-0.2, 0) is 9.59 Å². The van der Waals surface area contributed by atoms with Gasteiger partial charge in [-0.05, 0) is 6.92 Å². The van der Waals surface area contributed by atoms with E-state index in [-0.39, 0.29) is 5.78 Å². The molecule has 0 bridgehead atoms. The number of carbonyl (C=O) groups is 2. The van der Waals surface area contributed by atoms with E-state index < -0.39 is 6.04 Å². The highest BCUT2D eigenvalue weighted by atomic mass is 32.1. The number of amides is 1. The average molecular weight is 199 g/mol. The van der Waals surface area contributed by atoms with Gasteiger partial charge in [-0.1, -0.05) is 0 Å². The minimum absolute atomic E-state index is 0.169. The van der Waals surface area contributed by atoms with Crippen LogP contribution in [0.4, 0.5) is 5.13 Å². The van der Waals surface area contributed by atoms with Crippen molar-refractivity contribution in [3.8, 4) is 0 Å². The summed E-state index contributed by atoms with van der Waals surface area (Å²) in [6.45, 7) is 1.39. The summed E-state index contributed by atoms with van der Waals surface area (Å²) in [7, 11) is 0. The lowest BCUT2D eigenvalue weighted by atomic mass is 10.1. The molecule has 13 heavy (non-hydrogen) atoms. The molecule has 0 saturated carbocycles. The number of hydrogen-bond donors (Lipinski definition) is 2. The molecule has 1 aromatic heterocycles. The fourth-order valence-electron chi connectivity index (χ4n) is 0.912. The van der Waals surface area contributed by atoms with Crippen LogP contribution in [0, 0.1) is 0 Å². The number of nitrogens with one attached hydrogen (secondary N) is 1. The van der Waals surface area contributed by atoms with E-state index in [9.17, 15) is 9.59 Å². The van der Waals surface area contributed by atoms with Crippen LogP contribution in [-0.4, -0.2) is 17.2 Å². The predicted octanol–water partition coefficient (Wildman–Crippen LogP) is 0.101. The van der Waals surface area contributed by atoms with E-state index in [1.54, 1.807) is 5.38 Å². The van der Waals surface area contributed by atoms with Gasteiger partial charge < -0.3 is 11.1 Å². The van der Waals surface area contributed by atoms with Crippen molar-refractivity contribution in [2.75, 3.05) is 5.73 Å². The SMILES string of the molecule is CC(=O)C(NC=O)c1csc(N)n1. The lowest BCUT2D eigenvalue weighted by Crippen LogP contribution is -2.26. The van der Waals surface area contributed by atoms with Crippen molar-refractivity contribution in [2.45, 2.75) is 13.0 Å². The molecule has 0 fully saturated rings. The van der Waals surface area contributed by atoms with E-state index in [2.05, 4.69) is 10.3 Å². The van der Waals surface area contributed by atoms with Crippen molar-refractivity contribution in [3.05, 3.63) is 11.1 Å². The highest BCUT2D eigenvalue weighted by molar-refractivity contribution is 7.13. The Labute approximate surface area is 79.0 Å². The minimum atomic E-state index is -0.675. The highest BCUT2D eigenvalue weighted by Crippen LogP contribution is 2.18. The van der Waals surface area contributed by atoms with Crippen molar-refractivity contribution in [1.82, 2.24) is 10.3 Å². The zero-order chi connectivity index (χ0) is 9.84. The summed E-state index contributed by atoms with van der Waals surface area (Å²) in [6.07, 6.45) is 0.474. The van der Waals surface area contributed by atoms with Crippen molar-refractivity contribution in [2.24, 2.45) is 0 Å². The largest absolute Gasteiger partial charge is 0.375 e. The van der Waals surface area contributed by atoms with Crippen LogP contribution in [0.3, 0.4) is 0 Å². The predicted molar refractivity (Wildman–Crippen MR) is 49.1 cm³/mol. The normalized spacial score (nSPS) is 12.1. The summed E-state index contributed by atoms with van der Waals surface area (Å²) in [4.78, 5) is 25.1. The number of Topliss-reactive ketones (excluding diaryl/α,β-unsaturated/α-hetero) is 1. The van der Waals surface area contributed by atoms with Crippen molar-refractivity contribution < 1.29 is 9.59 Å². The Hall–Kier alpha value is -1.43. The topological polar surface area (TPSA) is 85.1 Å². The minimum Gasteiger partial charge on any atom is -0.375 e. The summed E-state index contributed by atoms with van der Waals surface area (Å²) in [5.74, 6) is -0.169. The number of thiazole rings is 1. The first kappa shape index (κ1) is 9.66. The lowest BCUT2D eigenvalue weighted by molar-refractivity contribution is -0.122. The number of ketones is 1. The Morgan fingerprint density at radius 1 is 1.85 bits per heavy atom. The van der Waals surface area contributed by atoms with Gasteiger partial charge in [-0.15, -0.1) is 11.3 Å². The summed E-state index contributed by atoms with van der Waals surface area (Å²) >= 11 is 1.23. The smallest absolute Gasteiger partial charge is 0.208 e. The Bertz CT molecular complexity index is 323. The molecule has 1 aromatic rings. The summed E-state index contributed by atoms with van der Waals surface area (Å²) in [6, 6.07) is -0.675. The molecule has 0 radical (unpaired) electrons. The number of nitrogens with two attached hydrogens (primary N) is 1. The van der Waals surface area contributed by atoms with Crippen LogP contribution < -0.4 is 11.1 Å². The molecule has 1 unspecified atom stereocenters. The Morgan fingerprint density at radius 2 is 2.54 bits per heavy atom. The van der Waals surface area contributed by atoms with E-state index in [1.165, 1.54) is 18.3 Å². The first-order valence-electron chi connectivity index (χ1n) is 3.56. The number of anilines is 1. The van der Waals surface area contributed by atoms with E-state index >= 15 is 0 Å². The maximum atomic E-state index is 11.0. The molecule has 1 amide bonds. The average Bonchev–Trinajstić information content (AvgIpc) is 2.46. The maximum absolute atomic E-state index is 11.0. The molecule has 0 aliphatic rings. The number of nitrogen functional groups attached to an aromatic ring is 1. The number of hydrogen-bond acceptors (Lipinski definition) is 5. The van der Waals surface area contributed by atoms with E-state index in [0.29, 0.717) is 17.2 Å². The van der Waals surface area contributed by atoms with Gasteiger partial charge >= 0.3 is 0 Å². The van der Waals surface area contributed by atoms with Crippen LogP contribution in [0.1, 0.15) is 18.7 Å². The first-order chi connectivity index (χ1) is 6.15. The van der Waals surface area contributed by atoms with Crippen LogP contribution >= 0.6 is 11.3 Å². The molecule has 5 nitrogen and oxygen atoms in total. The zero-order valence-electron chi connectivity index (χ0n) is 6.98. The van der Waals surface area contributed by atoms with Gasteiger partial charge in [0.1, 0.15) is 6.04 Å². The molecule has 1 heterocycles. The van der Waals surface area contributed by atoms with Crippen LogP contribution in [0.5, 0.6) is 0 Å². The molecule has 3 N–H and O–H groups in total. The second-order valence-electron chi connectivity index (χ2n) is 2.44. The molecule has 0 spiro atoms. The number of nitrogens with zero attached hydrogens (tertiary/aromatic N) is 1. The highest BCUT2D eigenvalue weighted by Gasteiger charge is 2.18. The fraction of sp³-hybridized carbons (Fsp3) is 0.286. The molecular formula is C7H9N3O2S. The second-order valence-corrected chi connectivity index (χ2v) is 3.33. The Morgan fingerprint density at radius 3 is 2.92 bits per heavy atom. The third kappa shape index (κ3) is 2.25. The van der Waals surface area contributed by atoms with Crippen LogP contribution in [0.15, 0.2) is 5.38 Å². The molecule has 0 saturated heterocycles. The van der Waals surface area contributed by atoms with E-state index in [1.807, 2.05) is 0 Å². The second kappa shape index (κ2) is 3.99. The molecule has 70 valence electrons. The van der Waals surface area contributed by atoms with Gasteiger partial charge in [-0.2, -0.15) is 0 Å². The maximum Gasteiger partial charge on any atom is 0.208 e. The third-order valence-electron chi connectivity index (χ3n) is 1.48. The Balaban J connectivity index is 2.87. The van der Waals surface area contributed by atoms with Crippen molar-refractivity contribution in [3.63, 3.8) is 0 Å². The summed E-state index contributed by atoms with van der Waals surface area (Å²) in [5.41, 5.74) is 5.88.